The number of hydrogen-bond acceptors (Lipinski definition) is 3. The predicted octanol–water partition coefficient (Wildman–Crippen LogP) is 11.9. The maximum absolute atomic E-state index is 6.69. The lowest BCUT2D eigenvalue weighted by molar-refractivity contribution is 0.670. The minimum Gasteiger partial charge on any atom is -0.455 e. The summed E-state index contributed by atoms with van der Waals surface area (Å²) in [5.41, 5.74) is 11.2. The Bertz CT molecular complexity index is 2480. The lowest BCUT2D eigenvalue weighted by Crippen LogP contribution is -1.95. The SMILES string of the molecule is c1ccc(-c2cc(-c3ccc(-c4ccc5c(c4)oc4c(-c6ccccc6)c6ccccc6cc45)cc3)nc(-c3ccccc3)n2)cc1. The van der Waals surface area contributed by atoms with Crippen molar-refractivity contribution in [1.82, 2.24) is 9.97 Å². The van der Waals surface area contributed by atoms with Crippen LogP contribution in [0.4, 0.5) is 0 Å². The molecule has 7 aromatic carbocycles. The average Bonchev–Trinajstić information content (AvgIpc) is 3.52. The smallest absolute Gasteiger partial charge is 0.160 e. The second-order valence-corrected chi connectivity index (χ2v) is 11.8. The number of benzene rings is 7. The third-order valence-corrected chi connectivity index (χ3v) is 8.89. The third kappa shape index (κ3) is 4.86. The third-order valence-electron chi connectivity index (χ3n) is 8.89. The van der Waals surface area contributed by atoms with Crippen LogP contribution in [0.5, 0.6) is 0 Å². The summed E-state index contributed by atoms with van der Waals surface area (Å²) < 4.78 is 6.69. The van der Waals surface area contributed by atoms with E-state index >= 15 is 0 Å². The molecule has 0 fully saturated rings. The molecule has 9 rings (SSSR count). The molecule has 0 saturated heterocycles. The molecule has 0 amide bonds. The first-order valence-electron chi connectivity index (χ1n) is 15.8. The molecule has 0 N–H and O–H groups in total. The highest BCUT2D eigenvalue weighted by Crippen LogP contribution is 2.42. The van der Waals surface area contributed by atoms with Gasteiger partial charge in [-0.05, 0) is 51.7 Å². The molecule has 2 heterocycles. The molecule has 3 heteroatoms. The highest BCUT2D eigenvalue weighted by Gasteiger charge is 2.17. The van der Waals surface area contributed by atoms with Gasteiger partial charge in [-0.2, -0.15) is 0 Å². The van der Waals surface area contributed by atoms with Crippen molar-refractivity contribution in [2.75, 3.05) is 0 Å². The van der Waals surface area contributed by atoms with Crippen molar-refractivity contribution in [3.63, 3.8) is 0 Å². The van der Waals surface area contributed by atoms with Gasteiger partial charge in [0.25, 0.3) is 0 Å². The number of fused-ring (bicyclic) bond motifs is 4. The topological polar surface area (TPSA) is 38.9 Å². The Morgan fingerprint density at radius 3 is 1.62 bits per heavy atom. The summed E-state index contributed by atoms with van der Waals surface area (Å²) in [6, 6.07) is 59.0. The second kappa shape index (κ2) is 11.2. The van der Waals surface area contributed by atoms with Gasteiger partial charge in [-0.15, -0.1) is 0 Å². The molecule has 47 heavy (non-hydrogen) atoms. The molecule has 0 atom stereocenters. The van der Waals surface area contributed by atoms with Crippen molar-refractivity contribution in [2.45, 2.75) is 0 Å². The van der Waals surface area contributed by atoms with E-state index in [1.165, 1.54) is 10.8 Å². The van der Waals surface area contributed by atoms with Gasteiger partial charge in [-0.1, -0.05) is 146 Å². The summed E-state index contributed by atoms with van der Waals surface area (Å²) in [7, 11) is 0. The molecule has 3 nitrogen and oxygen atoms in total. The fourth-order valence-corrected chi connectivity index (χ4v) is 6.55. The Kier molecular flexibility index (Phi) is 6.46. The summed E-state index contributed by atoms with van der Waals surface area (Å²) in [5, 5.41) is 4.64. The van der Waals surface area contributed by atoms with Gasteiger partial charge in [-0.25, -0.2) is 9.97 Å². The van der Waals surface area contributed by atoms with E-state index < -0.39 is 0 Å². The molecule has 0 aliphatic rings. The van der Waals surface area contributed by atoms with E-state index in [4.69, 9.17) is 14.4 Å². The van der Waals surface area contributed by atoms with E-state index in [9.17, 15) is 0 Å². The largest absolute Gasteiger partial charge is 0.455 e. The van der Waals surface area contributed by atoms with Crippen molar-refractivity contribution >= 4 is 32.7 Å². The Labute approximate surface area is 272 Å². The van der Waals surface area contributed by atoms with Gasteiger partial charge in [-0.3, -0.25) is 0 Å². The maximum atomic E-state index is 6.69. The first-order chi connectivity index (χ1) is 23.3. The van der Waals surface area contributed by atoms with Crippen LogP contribution in [-0.4, -0.2) is 9.97 Å². The summed E-state index contributed by atoms with van der Waals surface area (Å²) in [4.78, 5) is 9.93. The fraction of sp³-hybridized carbons (Fsp3) is 0. The first-order valence-corrected chi connectivity index (χ1v) is 15.8. The molecular formula is C44H28N2O. The van der Waals surface area contributed by atoms with Crippen LogP contribution in [0.25, 0.3) is 88.9 Å². The van der Waals surface area contributed by atoms with Gasteiger partial charge in [0.2, 0.25) is 0 Å². The summed E-state index contributed by atoms with van der Waals surface area (Å²) in [5.74, 6) is 0.712. The molecule has 0 spiro atoms. The molecule has 220 valence electrons. The van der Waals surface area contributed by atoms with Crippen LogP contribution in [0.2, 0.25) is 0 Å². The van der Waals surface area contributed by atoms with Gasteiger partial charge in [0, 0.05) is 33.0 Å². The van der Waals surface area contributed by atoms with E-state index in [-0.39, 0.29) is 0 Å². The van der Waals surface area contributed by atoms with E-state index in [2.05, 4.69) is 133 Å². The van der Waals surface area contributed by atoms with Gasteiger partial charge >= 0.3 is 0 Å². The van der Waals surface area contributed by atoms with E-state index in [1.54, 1.807) is 0 Å². The molecular weight excluding hydrogens is 572 g/mol. The van der Waals surface area contributed by atoms with Gasteiger partial charge < -0.3 is 4.42 Å². The fourth-order valence-electron chi connectivity index (χ4n) is 6.55. The lowest BCUT2D eigenvalue weighted by Gasteiger charge is -2.10. The maximum Gasteiger partial charge on any atom is 0.160 e. The van der Waals surface area contributed by atoms with Gasteiger partial charge in [0.05, 0.1) is 11.4 Å². The second-order valence-electron chi connectivity index (χ2n) is 11.8. The summed E-state index contributed by atoms with van der Waals surface area (Å²) in [6.07, 6.45) is 0. The van der Waals surface area contributed by atoms with Crippen molar-refractivity contribution < 1.29 is 4.42 Å². The zero-order valence-electron chi connectivity index (χ0n) is 25.5. The van der Waals surface area contributed by atoms with Crippen molar-refractivity contribution in [1.29, 1.82) is 0 Å². The minimum atomic E-state index is 0.712. The first kappa shape index (κ1) is 27.0. The number of hydrogen-bond donors (Lipinski definition) is 0. The highest BCUT2D eigenvalue weighted by atomic mass is 16.3. The highest BCUT2D eigenvalue weighted by molar-refractivity contribution is 6.18. The normalized spacial score (nSPS) is 11.4. The van der Waals surface area contributed by atoms with E-state index in [0.717, 1.165) is 72.3 Å². The summed E-state index contributed by atoms with van der Waals surface area (Å²) >= 11 is 0. The standard InChI is InChI=1S/C44H28N2O/c1-4-12-30(13-5-1)39-28-40(46-44(45-39)33-16-8-3-9-17-33)31-22-20-29(21-23-31)34-24-25-37-38-26-35-18-10-11-19-36(35)42(32-14-6-2-7-15-32)43(38)47-41(37)27-34/h1-28H. The van der Waals surface area contributed by atoms with Crippen LogP contribution in [0, 0.1) is 0 Å². The van der Waals surface area contributed by atoms with E-state index in [0.29, 0.717) is 5.82 Å². The van der Waals surface area contributed by atoms with Crippen LogP contribution in [0.1, 0.15) is 0 Å². The van der Waals surface area contributed by atoms with Crippen LogP contribution >= 0.6 is 0 Å². The van der Waals surface area contributed by atoms with Crippen molar-refractivity contribution in [2.24, 2.45) is 0 Å². The van der Waals surface area contributed by atoms with Crippen LogP contribution in [0.3, 0.4) is 0 Å². The minimum absolute atomic E-state index is 0.712. The molecule has 0 bridgehead atoms. The number of rotatable bonds is 5. The van der Waals surface area contributed by atoms with Gasteiger partial charge in [0.15, 0.2) is 5.82 Å². The molecule has 9 aromatic rings. The molecule has 0 aliphatic heterocycles. The van der Waals surface area contributed by atoms with Crippen LogP contribution < -0.4 is 0 Å². The molecule has 0 aliphatic carbocycles. The van der Waals surface area contributed by atoms with Crippen LogP contribution in [0.15, 0.2) is 174 Å². The Balaban J connectivity index is 1.13. The number of aromatic nitrogens is 2. The number of furan rings is 1. The van der Waals surface area contributed by atoms with Gasteiger partial charge in [0.1, 0.15) is 11.2 Å². The van der Waals surface area contributed by atoms with Crippen molar-refractivity contribution in [3.05, 3.63) is 170 Å². The Morgan fingerprint density at radius 1 is 0.362 bits per heavy atom. The molecule has 0 radical (unpaired) electrons. The quantitative estimate of drug-likeness (QED) is 0.197. The van der Waals surface area contributed by atoms with E-state index in [1.807, 2.05) is 36.4 Å². The zero-order valence-corrected chi connectivity index (χ0v) is 25.5. The molecule has 2 aromatic heterocycles. The zero-order chi connectivity index (χ0) is 31.2. The Hall–Kier alpha value is -6.32. The predicted molar refractivity (Wildman–Crippen MR) is 194 cm³/mol. The van der Waals surface area contributed by atoms with Crippen LogP contribution in [-0.2, 0) is 0 Å². The summed E-state index contributed by atoms with van der Waals surface area (Å²) in [6.45, 7) is 0. The number of nitrogens with zero attached hydrogens (tertiary/aromatic N) is 2. The molecule has 0 saturated carbocycles. The van der Waals surface area contributed by atoms with Crippen molar-refractivity contribution in [3.8, 4) is 56.2 Å². The monoisotopic (exact) mass is 600 g/mol. The lowest BCUT2D eigenvalue weighted by atomic mass is 9.95. The molecule has 0 unspecified atom stereocenters. The average molecular weight is 601 g/mol. The Morgan fingerprint density at radius 2 is 0.915 bits per heavy atom.